The van der Waals surface area contributed by atoms with Gasteiger partial charge in [0.2, 0.25) is 10.0 Å². The van der Waals surface area contributed by atoms with Crippen LogP contribution in [0.1, 0.15) is 12.8 Å². The maximum absolute atomic E-state index is 13.3. The van der Waals surface area contributed by atoms with Crippen LogP contribution in [-0.2, 0) is 20.8 Å². The second kappa shape index (κ2) is 7.40. The number of anilines is 1. The first kappa shape index (κ1) is 19.6. The minimum absolute atomic E-state index is 0.256. The summed E-state index contributed by atoms with van der Waals surface area (Å²) in [6, 6.07) is 16.1. The van der Waals surface area contributed by atoms with Crippen LogP contribution >= 0.6 is 0 Å². The van der Waals surface area contributed by atoms with Gasteiger partial charge in [0, 0.05) is 36.2 Å². The minimum Gasteiger partial charge on any atom is -0.355 e. The molecule has 3 aromatic rings. The van der Waals surface area contributed by atoms with Crippen molar-refractivity contribution in [2.45, 2.75) is 22.6 Å². The molecule has 156 valence electrons. The highest BCUT2D eigenvalue weighted by Crippen LogP contribution is 2.41. The van der Waals surface area contributed by atoms with Crippen molar-refractivity contribution in [1.29, 1.82) is 0 Å². The number of piperidine rings is 1. The summed E-state index contributed by atoms with van der Waals surface area (Å²) in [7, 11) is -4.92. The molecular weight excluding hydrogens is 420 g/mol. The van der Waals surface area contributed by atoms with Crippen molar-refractivity contribution in [2.24, 2.45) is 0 Å². The van der Waals surface area contributed by atoms with Crippen molar-refractivity contribution >= 4 is 37.7 Å². The molecule has 2 aliphatic heterocycles. The van der Waals surface area contributed by atoms with Crippen molar-refractivity contribution in [3.63, 3.8) is 0 Å². The smallest absolute Gasteiger partial charge is 0.244 e. The molecule has 1 aromatic heterocycles. The molecule has 2 aromatic carbocycles. The molecule has 1 atom stereocenters. The van der Waals surface area contributed by atoms with Gasteiger partial charge in [-0.2, -0.15) is 4.31 Å². The van der Waals surface area contributed by atoms with E-state index >= 15 is 0 Å². The van der Waals surface area contributed by atoms with Gasteiger partial charge in [-0.1, -0.05) is 30.3 Å². The zero-order valence-electron chi connectivity index (χ0n) is 16.3. The van der Waals surface area contributed by atoms with E-state index in [9.17, 15) is 12.6 Å². The van der Waals surface area contributed by atoms with E-state index in [-0.39, 0.29) is 4.90 Å². The molecule has 2 fully saturated rings. The van der Waals surface area contributed by atoms with Crippen LogP contribution in [0.25, 0.3) is 11.0 Å². The van der Waals surface area contributed by atoms with Gasteiger partial charge in [-0.05, 0) is 37.1 Å². The average molecular weight is 443 g/mol. The highest BCUT2D eigenvalue weighted by Gasteiger charge is 2.54. The normalized spacial score (nSPS) is 22.0. The van der Waals surface area contributed by atoms with Gasteiger partial charge in [0.25, 0.3) is 0 Å². The molecule has 0 saturated carbocycles. The zero-order chi connectivity index (χ0) is 20.8. The molecule has 0 radical (unpaired) electrons. The van der Waals surface area contributed by atoms with Crippen LogP contribution in [0.15, 0.2) is 65.7 Å². The largest absolute Gasteiger partial charge is 0.355 e. The topological polar surface area (TPSA) is 83.5 Å². The summed E-state index contributed by atoms with van der Waals surface area (Å²) in [5.74, 6) is 1.15. The van der Waals surface area contributed by atoms with Crippen LogP contribution in [0.4, 0.5) is 5.82 Å². The molecule has 9 heteroatoms. The van der Waals surface area contributed by atoms with Crippen LogP contribution in [0, 0.1) is 0 Å². The Morgan fingerprint density at radius 2 is 1.57 bits per heavy atom. The van der Waals surface area contributed by atoms with Gasteiger partial charge in [0.15, 0.2) is 0 Å². The number of hydrogen-bond donors (Lipinski definition) is 0. The molecule has 7 nitrogen and oxygen atoms in total. The van der Waals surface area contributed by atoms with Gasteiger partial charge in [0.05, 0.1) is 22.1 Å². The number of hydrogen-bond acceptors (Lipinski definition) is 6. The Labute approximate surface area is 178 Å². The fraction of sp³-hybridized carbons (Fsp3) is 0.333. The molecule has 5 rings (SSSR count). The molecule has 0 aliphatic carbocycles. The summed E-state index contributed by atoms with van der Waals surface area (Å²) >= 11 is 0. The first-order valence-corrected chi connectivity index (χ1v) is 12.7. The lowest BCUT2D eigenvalue weighted by atomic mass is 10.0. The molecule has 2 aliphatic rings. The third kappa shape index (κ3) is 3.12. The monoisotopic (exact) mass is 442 g/mol. The average Bonchev–Trinajstić information content (AvgIpc) is 3.10. The summed E-state index contributed by atoms with van der Waals surface area (Å²) in [5.41, 5.74) is 1.67. The number of para-hydroxylation sites is 2. The number of fused-ring (bicyclic) bond motifs is 1. The van der Waals surface area contributed by atoms with E-state index < -0.39 is 25.7 Å². The number of rotatable bonds is 3. The van der Waals surface area contributed by atoms with Crippen LogP contribution in [0.5, 0.6) is 0 Å². The first-order valence-electron chi connectivity index (χ1n) is 9.94. The number of nitrogens with zero attached hydrogens (tertiary/aromatic N) is 4. The molecule has 2 saturated heterocycles. The lowest BCUT2D eigenvalue weighted by Gasteiger charge is -2.43. The van der Waals surface area contributed by atoms with E-state index in [4.69, 9.17) is 4.98 Å². The first-order chi connectivity index (χ1) is 14.5. The standard InChI is InChI=1S/C21H22N4O3S2/c26-29-15-14-25(30(27,28)17-6-2-1-3-7-17)21(29)10-12-24(13-11-21)20-16-22-18-8-4-5-9-19(18)23-20/h1-9,16H,10-15H2. The fourth-order valence-corrected chi connectivity index (χ4v) is 8.45. The third-order valence-corrected chi connectivity index (χ3v) is 10.1. The summed E-state index contributed by atoms with van der Waals surface area (Å²) in [6.45, 7) is 1.46. The van der Waals surface area contributed by atoms with Crippen molar-refractivity contribution in [1.82, 2.24) is 14.3 Å². The van der Waals surface area contributed by atoms with E-state index in [2.05, 4.69) is 9.88 Å². The van der Waals surface area contributed by atoms with E-state index in [0.717, 1.165) is 16.9 Å². The number of aromatic nitrogens is 2. The van der Waals surface area contributed by atoms with E-state index in [1.807, 2.05) is 24.3 Å². The molecule has 0 bridgehead atoms. The third-order valence-electron chi connectivity index (χ3n) is 5.99. The van der Waals surface area contributed by atoms with Crippen molar-refractivity contribution < 1.29 is 12.6 Å². The van der Waals surface area contributed by atoms with Crippen molar-refractivity contribution in [3.8, 4) is 0 Å². The molecular formula is C21H22N4O3S2. The van der Waals surface area contributed by atoms with E-state index in [1.165, 1.54) is 4.31 Å². The summed E-state index contributed by atoms with van der Waals surface area (Å²) in [6.07, 6.45) is 2.75. The van der Waals surface area contributed by atoms with Gasteiger partial charge >= 0.3 is 0 Å². The fourth-order valence-electron chi connectivity index (χ4n) is 4.39. The highest BCUT2D eigenvalue weighted by atomic mass is 32.2. The minimum atomic E-state index is -3.70. The Morgan fingerprint density at radius 3 is 2.30 bits per heavy atom. The zero-order valence-corrected chi connectivity index (χ0v) is 18.0. The Hall–Kier alpha value is -2.36. The van der Waals surface area contributed by atoms with Gasteiger partial charge in [0.1, 0.15) is 10.7 Å². The van der Waals surface area contributed by atoms with Crippen LogP contribution < -0.4 is 4.90 Å². The van der Waals surface area contributed by atoms with Gasteiger partial charge in [-0.15, -0.1) is 0 Å². The van der Waals surface area contributed by atoms with E-state index in [1.54, 1.807) is 36.5 Å². The maximum atomic E-state index is 13.3. The van der Waals surface area contributed by atoms with Gasteiger partial charge in [-0.25, -0.2) is 13.4 Å². The molecule has 3 heterocycles. The predicted octanol–water partition coefficient (Wildman–Crippen LogP) is 2.38. The Kier molecular flexibility index (Phi) is 4.83. The maximum Gasteiger partial charge on any atom is 0.244 e. The lowest BCUT2D eigenvalue weighted by Crippen LogP contribution is -2.55. The van der Waals surface area contributed by atoms with Crippen LogP contribution in [0.2, 0.25) is 0 Å². The Morgan fingerprint density at radius 1 is 0.900 bits per heavy atom. The van der Waals surface area contributed by atoms with Crippen LogP contribution in [0.3, 0.4) is 0 Å². The summed E-state index contributed by atoms with van der Waals surface area (Å²) in [5, 5.41) is 0. The lowest BCUT2D eigenvalue weighted by molar-refractivity contribution is 0.261. The van der Waals surface area contributed by atoms with Crippen LogP contribution in [-0.4, -0.2) is 57.2 Å². The Bertz CT molecular complexity index is 1210. The van der Waals surface area contributed by atoms with Crippen molar-refractivity contribution in [2.75, 3.05) is 30.3 Å². The molecule has 0 amide bonds. The molecule has 1 unspecified atom stereocenters. The second-order valence-corrected chi connectivity index (χ2v) is 11.3. The molecule has 1 spiro atoms. The SMILES string of the molecule is O=S1CCN(S(=O)(=O)c2ccccc2)C12CCN(c1cnc3ccccc3n1)CC2. The number of sulfonamides is 1. The highest BCUT2D eigenvalue weighted by molar-refractivity contribution is 7.92. The number of benzene rings is 2. The molecule has 0 N–H and O–H groups in total. The van der Waals surface area contributed by atoms with Gasteiger partial charge < -0.3 is 4.90 Å². The summed E-state index contributed by atoms with van der Waals surface area (Å²) < 4.78 is 41.1. The van der Waals surface area contributed by atoms with Gasteiger partial charge in [-0.3, -0.25) is 9.19 Å². The quantitative estimate of drug-likeness (QED) is 0.619. The van der Waals surface area contributed by atoms with E-state index in [0.29, 0.717) is 38.2 Å². The second-order valence-electron chi connectivity index (χ2n) is 7.59. The molecule has 30 heavy (non-hydrogen) atoms. The summed E-state index contributed by atoms with van der Waals surface area (Å²) in [4.78, 5) is 10.7. The Balaban J connectivity index is 1.42. The predicted molar refractivity (Wildman–Crippen MR) is 117 cm³/mol. The van der Waals surface area contributed by atoms with Crippen molar-refractivity contribution in [3.05, 3.63) is 60.8 Å².